The van der Waals surface area contributed by atoms with Gasteiger partial charge < -0.3 is 15.2 Å². The summed E-state index contributed by atoms with van der Waals surface area (Å²) in [6.07, 6.45) is 0. The number of methoxy groups -OCH3 is 1. The van der Waals surface area contributed by atoms with Gasteiger partial charge in [0.15, 0.2) is 0 Å². The molecule has 0 spiro atoms. The molecule has 0 fully saturated rings. The summed E-state index contributed by atoms with van der Waals surface area (Å²) in [5, 5.41) is 13.5. The molecule has 0 aromatic carbocycles. The minimum Gasteiger partial charge on any atom is -0.481 e. The summed E-state index contributed by atoms with van der Waals surface area (Å²) in [7, 11) is 1.46. The molecule has 0 saturated carbocycles. The van der Waals surface area contributed by atoms with Crippen molar-refractivity contribution in [3.05, 3.63) is 11.8 Å². The van der Waals surface area contributed by atoms with Crippen LogP contribution in [0.3, 0.4) is 0 Å². The first-order chi connectivity index (χ1) is 8.92. The Hall–Kier alpha value is -2.38. The molecule has 0 aliphatic rings. The average molecular weight is 268 g/mol. The van der Waals surface area contributed by atoms with E-state index in [1.165, 1.54) is 14.0 Å². The van der Waals surface area contributed by atoms with Crippen LogP contribution in [0, 0.1) is 12.8 Å². The monoisotopic (exact) mass is 268 g/mol. The van der Waals surface area contributed by atoms with Crippen LogP contribution in [0.25, 0.3) is 0 Å². The highest BCUT2D eigenvalue weighted by Crippen LogP contribution is 2.10. The Labute approximate surface area is 110 Å². The smallest absolute Gasteiger partial charge is 0.321 e. The van der Waals surface area contributed by atoms with E-state index < -0.39 is 17.9 Å². The number of ether oxygens (including phenoxy) is 1. The second-order valence-corrected chi connectivity index (χ2v) is 3.95. The molecule has 19 heavy (non-hydrogen) atoms. The Bertz CT molecular complexity index is 478. The van der Waals surface area contributed by atoms with Gasteiger partial charge in [-0.1, -0.05) is 6.92 Å². The van der Waals surface area contributed by atoms with Crippen LogP contribution in [0.1, 0.15) is 12.6 Å². The van der Waals surface area contributed by atoms with Crippen LogP contribution in [0.5, 0.6) is 5.88 Å². The summed E-state index contributed by atoms with van der Waals surface area (Å²) in [5.74, 6) is -1.22. The van der Waals surface area contributed by atoms with Crippen molar-refractivity contribution in [2.45, 2.75) is 13.8 Å². The third-order valence-corrected chi connectivity index (χ3v) is 2.26. The van der Waals surface area contributed by atoms with Gasteiger partial charge in [0, 0.05) is 18.3 Å². The molecule has 0 bridgehead atoms. The summed E-state index contributed by atoms with van der Waals surface area (Å²) >= 11 is 0. The fraction of sp³-hybridized carbons (Fsp3) is 0.455. The van der Waals surface area contributed by atoms with Gasteiger partial charge in [-0.05, 0) is 6.92 Å². The topological polar surface area (TPSA) is 113 Å². The standard InChI is InChI=1S/C11H16N4O4/c1-6(9(16)17)5-12-11(18)15-10-13-7(2)4-8(14-10)19-3/h4,6H,5H2,1-3H3,(H,16,17)(H2,12,13,14,15,18). The largest absolute Gasteiger partial charge is 0.481 e. The fourth-order valence-corrected chi connectivity index (χ4v) is 1.18. The van der Waals surface area contributed by atoms with Crippen molar-refractivity contribution in [1.29, 1.82) is 0 Å². The van der Waals surface area contributed by atoms with Gasteiger partial charge in [0.05, 0.1) is 13.0 Å². The lowest BCUT2D eigenvalue weighted by Crippen LogP contribution is -2.35. The molecular weight excluding hydrogens is 252 g/mol. The number of amides is 2. The number of aromatic nitrogens is 2. The molecule has 1 heterocycles. The number of rotatable bonds is 5. The SMILES string of the molecule is COc1cc(C)nc(NC(=O)NCC(C)C(=O)O)n1. The third-order valence-electron chi connectivity index (χ3n) is 2.26. The highest BCUT2D eigenvalue weighted by Gasteiger charge is 2.13. The fourth-order valence-electron chi connectivity index (χ4n) is 1.18. The number of aliphatic carboxylic acids is 1. The molecule has 8 nitrogen and oxygen atoms in total. The van der Waals surface area contributed by atoms with Gasteiger partial charge in [-0.2, -0.15) is 4.98 Å². The molecule has 1 rings (SSSR count). The first-order valence-corrected chi connectivity index (χ1v) is 5.59. The Balaban J connectivity index is 2.57. The lowest BCUT2D eigenvalue weighted by molar-refractivity contribution is -0.140. The molecule has 2 amide bonds. The minimum atomic E-state index is -0.978. The summed E-state index contributed by atoms with van der Waals surface area (Å²) in [6, 6.07) is 1.05. The molecule has 8 heteroatoms. The number of hydrogen-bond acceptors (Lipinski definition) is 5. The van der Waals surface area contributed by atoms with Crippen molar-refractivity contribution in [1.82, 2.24) is 15.3 Å². The maximum atomic E-state index is 11.5. The third kappa shape index (κ3) is 4.78. The second-order valence-electron chi connectivity index (χ2n) is 3.95. The van der Waals surface area contributed by atoms with E-state index in [4.69, 9.17) is 9.84 Å². The predicted octanol–water partition coefficient (Wildman–Crippen LogP) is 0.636. The number of carbonyl (C=O) groups excluding carboxylic acids is 1. The summed E-state index contributed by atoms with van der Waals surface area (Å²) in [5.41, 5.74) is 0.640. The van der Waals surface area contributed by atoms with Crippen LogP contribution >= 0.6 is 0 Å². The van der Waals surface area contributed by atoms with Crippen LogP contribution < -0.4 is 15.4 Å². The molecule has 0 aliphatic heterocycles. The molecule has 1 aromatic rings. The zero-order chi connectivity index (χ0) is 14.4. The van der Waals surface area contributed by atoms with Crippen molar-refractivity contribution in [2.24, 2.45) is 5.92 Å². The molecule has 1 unspecified atom stereocenters. The number of carboxylic acid groups (broad SMARTS) is 1. The highest BCUT2D eigenvalue weighted by atomic mass is 16.5. The van der Waals surface area contributed by atoms with Crippen molar-refractivity contribution in [3.8, 4) is 5.88 Å². The Morgan fingerprint density at radius 2 is 2.16 bits per heavy atom. The maximum absolute atomic E-state index is 11.5. The number of nitrogens with zero attached hydrogens (tertiary/aromatic N) is 2. The summed E-state index contributed by atoms with van der Waals surface area (Å²) in [6.45, 7) is 3.25. The Morgan fingerprint density at radius 1 is 1.47 bits per heavy atom. The molecule has 0 saturated heterocycles. The Morgan fingerprint density at radius 3 is 2.74 bits per heavy atom. The van der Waals surface area contributed by atoms with Crippen LogP contribution in [0.15, 0.2) is 6.07 Å². The number of carbonyl (C=O) groups is 2. The van der Waals surface area contributed by atoms with Crippen molar-refractivity contribution in [2.75, 3.05) is 19.0 Å². The van der Waals surface area contributed by atoms with Gasteiger partial charge >= 0.3 is 12.0 Å². The number of hydrogen-bond donors (Lipinski definition) is 3. The molecule has 3 N–H and O–H groups in total. The number of carboxylic acids is 1. The number of anilines is 1. The highest BCUT2D eigenvalue weighted by molar-refractivity contribution is 5.87. The van der Waals surface area contributed by atoms with Crippen LogP contribution in [-0.2, 0) is 4.79 Å². The van der Waals surface area contributed by atoms with E-state index in [1.807, 2.05) is 0 Å². The zero-order valence-electron chi connectivity index (χ0n) is 10.9. The lowest BCUT2D eigenvalue weighted by atomic mass is 10.2. The van der Waals surface area contributed by atoms with Crippen molar-refractivity contribution < 1.29 is 19.4 Å². The van der Waals surface area contributed by atoms with E-state index in [0.717, 1.165) is 0 Å². The van der Waals surface area contributed by atoms with Crippen LogP contribution in [0.2, 0.25) is 0 Å². The first-order valence-electron chi connectivity index (χ1n) is 5.59. The van der Waals surface area contributed by atoms with Gasteiger partial charge in [0.2, 0.25) is 11.8 Å². The van der Waals surface area contributed by atoms with E-state index in [9.17, 15) is 9.59 Å². The quantitative estimate of drug-likeness (QED) is 0.722. The van der Waals surface area contributed by atoms with Gasteiger partial charge in [0.1, 0.15) is 0 Å². The molecule has 104 valence electrons. The van der Waals surface area contributed by atoms with Gasteiger partial charge in [-0.25, -0.2) is 9.78 Å². The van der Waals surface area contributed by atoms with Crippen molar-refractivity contribution >= 4 is 17.9 Å². The van der Waals surface area contributed by atoms with E-state index in [0.29, 0.717) is 11.6 Å². The second kappa shape index (κ2) is 6.53. The van der Waals surface area contributed by atoms with E-state index in [1.54, 1.807) is 13.0 Å². The zero-order valence-corrected chi connectivity index (χ0v) is 10.9. The van der Waals surface area contributed by atoms with Gasteiger partial charge in [-0.3, -0.25) is 10.1 Å². The van der Waals surface area contributed by atoms with Gasteiger partial charge in [-0.15, -0.1) is 0 Å². The van der Waals surface area contributed by atoms with Crippen LogP contribution in [0.4, 0.5) is 10.7 Å². The molecule has 0 aliphatic carbocycles. The molecular formula is C11H16N4O4. The lowest BCUT2D eigenvalue weighted by Gasteiger charge is -2.09. The summed E-state index contributed by atoms with van der Waals surface area (Å²) < 4.78 is 4.95. The number of aryl methyl sites for hydroxylation is 1. The van der Waals surface area contributed by atoms with E-state index in [2.05, 4.69) is 20.6 Å². The molecule has 1 aromatic heterocycles. The molecule has 0 radical (unpaired) electrons. The number of urea groups is 1. The normalized spacial score (nSPS) is 11.5. The average Bonchev–Trinajstić information content (AvgIpc) is 2.34. The maximum Gasteiger partial charge on any atom is 0.321 e. The minimum absolute atomic E-state index is 0.0180. The van der Waals surface area contributed by atoms with Gasteiger partial charge in [0.25, 0.3) is 0 Å². The van der Waals surface area contributed by atoms with E-state index in [-0.39, 0.29) is 12.5 Å². The van der Waals surface area contributed by atoms with E-state index >= 15 is 0 Å². The Kier molecular flexibility index (Phi) is 5.04. The van der Waals surface area contributed by atoms with Crippen LogP contribution in [-0.4, -0.2) is 40.7 Å². The molecule has 1 atom stereocenters. The predicted molar refractivity (Wildman–Crippen MR) is 67.1 cm³/mol. The summed E-state index contributed by atoms with van der Waals surface area (Å²) in [4.78, 5) is 30.0. The van der Waals surface area contributed by atoms with Crippen molar-refractivity contribution in [3.63, 3.8) is 0 Å². The first kappa shape index (κ1) is 14.7. The number of nitrogens with one attached hydrogen (secondary N) is 2.